The lowest BCUT2D eigenvalue weighted by Crippen LogP contribution is -2.35. The minimum atomic E-state index is -1.25. The van der Waals surface area contributed by atoms with Crippen LogP contribution in [-0.4, -0.2) is 35.6 Å². The number of hydrogen-bond acceptors (Lipinski definition) is 3. The van der Waals surface area contributed by atoms with Gasteiger partial charge in [-0.05, 0) is 44.0 Å². The quantitative estimate of drug-likeness (QED) is 0.751. The van der Waals surface area contributed by atoms with Crippen molar-refractivity contribution in [1.82, 2.24) is 4.90 Å². The Hall–Kier alpha value is -2.04. The summed E-state index contributed by atoms with van der Waals surface area (Å²) in [5, 5.41) is 12.0. The maximum atomic E-state index is 12.2. The molecular formula is C21H26ClNO3. The van der Waals surface area contributed by atoms with Crippen LogP contribution >= 0.6 is 11.6 Å². The van der Waals surface area contributed by atoms with Crippen molar-refractivity contribution < 1.29 is 14.6 Å². The first-order valence-electron chi connectivity index (χ1n) is 8.94. The van der Waals surface area contributed by atoms with Crippen LogP contribution in [0.1, 0.15) is 38.3 Å². The summed E-state index contributed by atoms with van der Waals surface area (Å²) in [4.78, 5) is 14.0. The number of nitrogens with zero attached hydrogens (tertiary/aromatic N) is 1. The van der Waals surface area contributed by atoms with E-state index in [0.29, 0.717) is 41.4 Å². The Labute approximate surface area is 160 Å². The van der Waals surface area contributed by atoms with Gasteiger partial charge >= 0.3 is 0 Å². The number of amides is 1. The molecule has 2 aromatic carbocycles. The van der Waals surface area contributed by atoms with Gasteiger partial charge in [-0.25, -0.2) is 0 Å². The summed E-state index contributed by atoms with van der Waals surface area (Å²) in [5.74, 6) is 0.421. The van der Waals surface area contributed by atoms with Crippen LogP contribution < -0.4 is 4.74 Å². The van der Waals surface area contributed by atoms with Crippen LogP contribution in [0.2, 0.25) is 5.02 Å². The molecule has 26 heavy (non-hydrogen) atoms. The highest BCUT2D eigenvalue weighted by Gasteiger charge is 2.33. The fraction of sp³-hybridized carbons (Fsp3) is 0.381. The van der Waals surface area contributed by atoms with Crippen LogP contribution in [0, 0.1) is 0 Å². The number of benzene rings is 2. The van der Waals surface area contributed by atoms with Crippen LogP contribution in [0.15, 0.2) is 48.5 Å². The minimum absolute atomic E-state index is 0.0615. The third-order valence-corrected chi connectivity index (χ3v) is 4.85. The van der Waals surface area contributed by atoms with Crippen molar-refractivity contribution in [3.05, 3.63) is 64.7 Å². The van der Waals surface area contributed by atoms with E-state index in [1.165, 1.54) is 0 Å². The van der Waals surface area contributed by atoms with E-state index in [2.05, 4.69) is 0 Å². The number of carbonyl (C=O) groups is 1. The molecule has 0 aromatic heterocycles. The van der Waals surface area contributed by atoms with Crippen molar-refractivity contribution in [3.8, 4) is 5.75 Å². The van der Waals surface area contributed by atoms with E-state index in [1.807, 2.05) is 51.1 Å². The number of ether oxygens (including phenoxy) is 1. The normalized spacial score (nSPS) is 13.1. The summed E-state index contributed by atoms with van der Waals surface area (Å²) in [5.41, 5.74) is 0.0652. The Balaban J connectivity index is 2.33. The second kappa shape index (κ2) is 9.06. The maximum Gasteiger partial charge on any atom is 0.260 e. The molecule has 0 heterocycles. The molecule has 0 bridgehead atoms. The minimum Gasteiger partial charge on any atom is -0.483 e. The summed E-state index contributed by atoms with van der Waals surface area (Å²) in [6.07, 6.45) is 0.442. The molecule has 0 aliphatic carbocycles. The van der Waals surface area contributed by atoms with E-state index in [-0.39, 0.29) is 12.5 Å². The molecule has 0 aliphatic rings. The Bertz CT molecular complexity index is 746. The zero-order valence-corrected chi connectivity index (χ0v) is 16.3. The van der Waals surface area contributed by atoms with Gasteiger partial charge in [0.15, 0.2) is 6.61 Å². The molecule has 0 aliphatic heterocycles. The van der Waals surface area contributed by atoms with E-state index in [0.717, 1.165) is 0 Å². The topological polar surface area (TPSA) is 49.8 Å². The smallest absolute Gasteiger partial charge is 0.260 e. The third kappa shape index (κ3) is 4.37. The molecule has 0 saturated carbocycles. The number of halogens is 1. The third-order valence-electron chi connectivity index (χ3n) is 4.61. The van der Waals surface area contributed by atoms with E-state index in [4.69, 9.17) is 16.3 Å². The molecule has 140 valence electrons. The van der Waals surface area contributed by atoms with E-state index in [9.17, 15) is 9.90 Å². The molecule has 0 spiro atoms. The monoisotopic (exact) mass is 375 g/mol. The molecule has 1 unspecified atom stereocenters. The van der Waals surface area contributed by atoms with Gasteiger partial charge in [0, 0.05) is 23.7 Å². The molecule has 0 fully saturated rings. The summed E-state index contributed by atoms with van der Waals surface area (Å²) in [6.45, 7) is 6.99. The Morgan fingerprint density at radius 3 is 2.42 bits per heavy atom. The van der Waals surface area contributed by atoms with E-state index in [1.54, 1.807) is 23.1 Å². The molecule has 0 radical (unpaired) electrons. The summed E-state index contributed by atoms with van der Waals surface area (Å²) in [7, 11) is 0. The molecule has 2 aromatic rings. The van der Waals surface area contributed by atoms with Gasteiger partial charge in [-0.15, -0.1) is 0 Å². The van der Waals surface area contributed by atoms with Crippen LogP contribution in [0.5, 0.6) is 5.75 Å². The highest BCUT2D eigenvalue weighted by molar-refractivity contribution is 6.30. The zero-order chi connectivity index (χ0) is 19.2. The van der Waals surface area contributed by atoms with Crippen LogP contribution in [-0.2, 0) is 10.4 Å². The lowest BCUT2D eigenvalue weighted by Gasteiger charge is -2.30. The van der Waals surface area contributed by atoms with Crippen molar-refractivity contribution >= 4 is 17.5 Å². The van der Waals surface area contributed by atoms with Crippen LogP contribution in [0.25, 0.3) is 0 Å². The van der Waals surface area contributed by atoms with Gasteiger partial charge in [0.1, 0.15) is 11.4 Å². The van der Waals surface area contributed by atoms with Crippen molar-refractivity contribution in [2.24, 2.45) is 0 Å². The molecule has 1 amide bonds. The molecule has 4 nitrogen and oxygen atoms in total. The van der Waals surface area contributed by atoms with Gasteiger partial charge in [0.05, 0.1) is 0 Å². The Morgan fingerprint density at radius 1 is 1.12 bits per heavy atom. The predicted molar refractivity (Wildman–Crippen MR) is 105 cm³/mol. The van der Waals surface area contributed by atoms with Crippen molar-refractivity contribution in [2.45, 2.75) is 32.8 Å². The van der Waals surface area contributed by atoms with E-state index < -0.39 is 5.60 Å². The summed E-state index contributed by atoms with van der Waals surface area (Å²) in [6, 6.07) is 14.4. The van der Waals surface area contributed by atoms with Gasteiger partial charge in [-0.2, -0.15) is 0 Å². The first kappa shape index (κ1) is 20.3. The number of likely N-dealkylation sites (N-methyl/N-ethyl adjacent to an activating group) is 1. The van der Waals surface area contributed by atoms with Crippen LogP contribution in [0.4, 0.5) is 0 Å². The van der Waals surface area contributed by atoms with Crippen molar-refractivity contribution in [3.63, 3.8) is 0 Å². The second-order valence-corrected chi connectivity index (χ2v) is 6.51. The standard InChI is InChI=1S/C21H26ClNO3/c1-4-21(25,16-10-9-11-17(22)14-16)18-12-7-8-13-19(18)26-15-20(24)23(5-2)6-3/h7-14,25H,4-6,15H2,1-3H3. The highest BCUT2D eigenvalue weighted by atomic mass is 35.5. The van der Waals surface area contributed by atoms with Gasteiger partial charge in [0.25, 0.3) is 5.91 Å². The lowest BCUT2D eigenvalue weighted by molar-refractivity contribution is -0.133. The zero-order valence-electron chi connectivity index (χ0n) is 15.5. The lowest BCUT2D eigenvalue weighted by atomic mass is 9.83. The predicted octanol–water partition coefficient (Wildman–Crippen LogP) is 4.23. The molecule has 5 heteroatoms. The molecule has 2 rings (SSSR count). The molecule has 1 N–H and O–H groups in total. The average molecular weight is 376 g/mol. The van der Waals surface area contributed by atoms with Gasteiger partial charge < -0.3 is 14.7 Å². The summed E-state index contributed by atoms with van der Waals surface area (Å²) >= 11 is 6.11. The molecule has 0 saturated heterocycles. The average Bonchev–Trinajstić information content (AvgIpc) is 2.67. The van der Waals surface area contributed by atoms with Gasteiger partial charge in [-0.1, -0.05) is 48.9 Å². The van der Waals surface area contributed by atoms with Gasteiger partial charge in [-0.3, -0.25) is 4.79 Å². The molecular weight excluding hydrogens is 350 g/mol. The first-order chi connectivity index (χ1) is 12.5. The number of para-hydroxylation sites is 1. The SMILES string of the molecule is CCN(CC)C(=O)COc1ccccc1C(O)(CC)c1cccc(Cl)c1. The number of hydrogen-bond donors (Lipinski definition) is 1. The Kier molecular flexibility index (Phi) is 7.06. The fourth-order valence-electron chi connectivity index (χ4n) is 3.04. The van der Waals surface area contributed by atoms with Gasteiger partial charge in [0.2, 0.25) is 0 Å². The maximum absolute atomic E-state index is 12.2. The molecule has 1 atom stereocenters. The number of rotatable bonds is 8. The summed E-state index contributed by atoms with van der Waals surface area (Å²) < 4.78 is 5.80. The van der Waals surface area contributed by atoms with E-state index >= 15 is 0 Å². The second-order valence-electron chi connectivity index (χ2n) is 6.08. The number of carbonyl (C=O) groups excluding carboxylic acids is 1. The Morgan fingerprint density at radius 2 is 1.81 bits per heavy atom. The van der Waals surface area contributed by atoms with Crippen molar-refractivity contribution in [1.29, 1.82) is 0 Å². The fourth-order valence-corrected chi connectivity index (χ4v) is 3.23. The number of aliphatic hydroxyl groups is 1. The first-order valence-corrected chi connectivity index (χ1v) is 9.32. The van der Waals surface area contributed by atoms with Crippen molar-refractivity contribution in [2.75, 3.05) is 19.7 Å². The largest absolute Gasteiger partial charge is 0.483 e. The highest BCUT2D eigenvalue weighted by Crippen LogP contribution is 2.38. The van der Waals surface area contributed by atoms with Crippen LogP contribution in [0.3, 0.4) is 0 Å².